The second-order valence-electron chi connectivity index (χ2n) is 4.27. The number of amides is 2. The maximum absolute atomic E-state index is 12.8. The van der Waals surface area contributed by atoms with Gasteiger partial charge in [0.2, 0.25) is 11.8 Å². The molecule has 20 heavy (non-hydrogen) atoms. The van der Waals surface area contributed by atoms with E-state index in [2.05, 4.69) is 10.3 Å². The average molecular weight is 295 g/mol. The van der Waals surface area contributed by atoms with Crippen LogP contribution in [0.25, 0.3) is 0 Å². The number of benzene rings is 1. The summed E-state index contributed by atoms with van der Waals surface area (Å²) < 4.78 is 12.8. The first-order valence-electron chi connectivity index (χ1n) is 5.97. The minimum absolute atomic E-state index is 0.118. The van der Waals surface area contributed by atoms with E-state index < -0.39 is 5.25 Å². The van der Waals surface area contributed by atoms with Crippen LogP contribution in [0.2, 0.25) is 0 Å². The van der Waals surface area contributed by atoms with Gasteiger partial charge in [-0.15, -0.1) is 0 Å². The van der Waals surface area contributed by atoms with Gasteiger partial charge in [0.05, 0.1) is 0 Å². The van der Waals surface area contributed by atoms with Crippen LogP contribution in [0.15, 0.2) is 29.3 Å². The number of hydrogen-bond donors (Lipinski definition) is 1. The number of halogens is 1. The van der Waals surface area contributed by atoms with E-state index in [0.29, 0.717) is 10.9 Å². The van der Waals surface area contributed by atoms with Crippen molar-refractivity contribution in [1.82, 2.24) is 4.90 Å². The number of nitrogens with one attached hydrogen (secondary N) is 1. The van der Waals surface area contributed by atoms with Crippen LogP contribution >= 0.6 is 11.8 Å². The molecule has 1 atom stereocenters. The van der Waals surface area contributed by atoms with Crippen molar-refractivity contribution in [2.75, 3.05) is 19.4 Å². The SMILES string of the molecule is CN=C1S[C@@H](C(=O)Nc2ccc(F)cc2)CC(=O)N1C. The third kappa shape index (κ3) is 3.16. The Morgan fingerprint density at radius 3 is 2.70 bits per heavy atom. The van der Waals surface area contributed by atoms with Crippen molar-refractivity contribution in [1.29, 1.82) is 0 Å². The van der Waals surface area contributed by atoms with E-state index in [1.54, 1.807) is 14.1 Å². The lowest BCUT2D eigenvalue weighted by Gasteiger charge is -2.28. The van der Waals surface area contributed by atoms with Crippen molar-refractivity contribution >= 4 is 34.4 Å². The number of carbonyl (C=O) groups excluding carboxylic acids is 2. The number of amidine groups is 1. The molecule has 0 unspecified atom stereocenters. The highest BCUT2D eigenvalue weighted by Gasteiger charge is 2.33. The van der Waals surface area contributed by atoms with Crippen LogP contribution < -0.4 is 5.32 Å². The third-order valence-electron chi connectivity index (χ3n) is 2.86. The lowest BCUT2D eigenvalue weighted by atomic mass is 10.2. The molecule has 106 valence electrons. The summed E-state index contributed by atoms with van der Waals surface area (Å²) in [6.45, 7) is 0. The van der Waals surface area contributed by atoms with E-state index in [-0.39, 0.29) is 24.1 Å². The Balaban J connectivity index is 2.06. The number of nitrogens with zero attached hydrogens (tertiary/aromatic N) is 2. The summed E-state index contributed by atoms with van der Waals surface area (Å²) in [6.07, 6.45) is 0.118. The summed E-state index contributed by atoms with van der Waals surface area (Å²) in [5.74, 6) is -0.806. The minimum Gasteiger partial charge on any atom is -0.325 e. The third-order valence-corrected chi connectivity index (χ3v) is 4.20. The lowest BCUT2D eigenvalue weighted by Crippen LogP contribution is -2.43. The van der Waals surface area contributed by atoms with Crippen molar-refractivity contribution in [2.24, 2.45) is 4.99 Å². The molecular weight excluding hydrogens is 281 g/mol. The molecule has 7 heteroatoms. The summed E-state index contributed by atoms with van der Waals surface area (Å²) in [5, 5.41) is 2.66. The molecule has 1 saturated heterocycles. The Bertz CT molecular complexity index is 559. The minimum atomic E-state index is -0.526. The number of aliphatic imine (C=N–C) groups is 1. The summed E-state index contributed by atoms with van der Waals surface area (Å²) >= 11 is 1.24. The van der Waals surface area contributed by atoms with E-state index in [9.17, 15) is 14.0 Å². The van der Waals surface area contributed by atoms with Gasteiger partial charge in [0.1, 0.15) is 11.1 Å². The van der Waals surface area contributed by atoms with E-state index in [1.165, 1.54) is 40.9 Å². The average Bonchev–Trinajstić information content (AvgIpc) is 2.44. The molecule has 2 amide bonds. The van der Waals surface area contributed by atoms with Gasteiger partial charge in [0.25, 0.3) is 0 Å². The molecule has 1 heterocycles. The Kier molecular flexibility index (Phi) is 4.39. The van der Waals surface area contributed by atoms with Gasteiger partial charge in [-0.05, 0) is 24.3 Å². The Morgan fingerprint density at radius 1 is 1.45 bits per heavy atom. The monoisotopic (exact) mass is 295 g/mol. The summed E-state index contributed by atoms with van der Waals surface area (Å²) in [7, 11) is 3.21. The first kappa shape index (κ1) is 14.5. The molecule has 0 radical (unpaired) electrons. The summed E-state index contributed by atoms with van der Waals surface area (Å²) in [4.78, 5) is 29.3. The van der Waals surface area contributed by atoms with Gasteiger partial charge >= 0.3 is 0 Å². The highest BCUT2D eigenvalue weighted by atomic mass is 32.2. The fourth-order valence-corrected chi connectivity index (χ4v) is 2.77. The molecule has 1 aliphatic heterocycles. The molecule has 0 aliphatic carbocycles. The van der Waals surface area contributed by atoms with E-state index in [1.807, 2.05) is 0 Å². The van der Waals surface area contributed by atoms with Gasteiger partial charge in [-0.3, -0.25) is 19.5 Å². The molecule has 0 bridgehead atoms. The van der Waals surface area contributed by atoms with Gasteiger partial charge in [0.15, 0.2) is 5.17 Å². The second kappa shape index (κ2) is 6.04. The van der Waals surface area contributed by atoms with E-state index >= 15 is 0 Å². The van der Waals surface area contributed by atoms with Gasteiger partial charge in [0, 0.05) is 26.2 Å². The van der Waals surface area contributed by atoms with Crippen LogP contribution in [0.4, 0.5) is 10.1 Å². The zero-order chi connectivity index (χ0) is 14.7. The number of hydrogen-bond acceptors (Lipinski definition) is 4. The highest BCUT2D eigenvalue weighted by molar-refractivity contribution is 8.15. The number of carbonyl (C=O) groups is 2. The number of anilines is 1. The smallest absolute Gasteiger partial charge is 0.238 e. The molecule has 5 nitrogen and oxygen atoms in total. The van der Waals surface area contributed by atoms with Gasteiger partial charge in [-0.1, -0.05) is 11.8 Å². The van der Waals surface area contributed by atoms with Crippen LogP contribution in [0, 0.1) is 5.82 Å². The number of thioether (sulfide) groups is 1. The summed E-state index contributed by atoms with van der Waals surface area (Å²) in [5.41, 5.74) is 0.498. The largest absolute Gasteiger partial charge is 0.325 e. The Morgan fingerprint density at radius 2 is 2.10 bits per heavy atom. The molecular formula is C13H14FN3O2S. The normalized spacial score (nSPS) is 21.1. The van der Waals surface area contributed by atoms with Gasteiger partial charge in [-0.25, -0.2) is 4.39 Å². The number of rotatable bonds is 2. The van der Waals surface area contributed by atoms with Crippen LogP contribution in [0.1, 0.15) is 6.42 Å². The zero-order valence-corrected chi connectivity index (χ0v) is 11.9. The molecule has 1 aliphatic rings. The van der Waals surface area contributed by atoms with Gasteiger partial charge < -0.3 is 5.32 Å². The molecule has 0 aromatic heterocycles. The van der Waals surface area contributed by atoms with Crippen LogP contribution in [0.5, 0.6) is 0 Å². The molecule has 1 N–H and O–H groups in total. The van der Waals surface area contributed by atoms with E-state index in [0.717, 1.165) is 0 Å². The maximum atomic E-state index is 12.8. The van der Waals surface area contributed by atoms with Crippen LogP contribution in [-0.2, 0) is 9.59 Å². The molecule has 1 fully saturated rings. The molecule has 0 spiro atoms. The lowest BCUT2D eigenvalue weighted by molar-refractivity contribution is -0.128. The van der Waals surface area contributed by atoms with Crippen molar-refractivity contribution in [3.05, 3.63) is 30.1 Å². The molecule has 0 saturated carbocycles. The molecule has 1 aromatic rings. The van der Waals surface area contributed by atoms with Crippen molar-refractivity contribution in [2.45, 2.75) is 11.7 Å². The predicted octanol–water partition coefficient (Wildman–Crippen LogP) is 1.71. The second-order valence-corrected chi connectivity index (χ2v) is 5.44. The summed E-state index contributed by atoms with van der Waals surface area (Å²) in [6, 6.07) is 5.48. The maximum Gasteiger partial charge on any atom is 0.238 e. The Labute approximate surface area is 120 Å². The fraction of sp³-hybridized carbons (Fsp3) is 0.308. The van der Waals surface area contributed by atoms with Gasteiger partial charge in [-0.2, -0.15) is 0 Å². The van der Waals surface area contributed by atoms with Crippen LogP contribution in [-0.4, -0.2) is 41.2 Å². The van der Waals surface area contributed by atoms with Crippen LogP contribution in [0.3, 0.4) is 0 Å². The first-order chi connectivity index (χ1) is 9.51. The van der Waals surface area contributed by atoms with E-state index in [4.69, 9.17) is 0 Å². The predicted molar refractivity (Wildman–Crippen MR) is 77.2 cm³/mol. The molecule has 1 aromatic carbocycles. The fourth-order valence-electron chi connectivity index (χ4n) is 1.76. The topological polar surface area (TPSA) is 61.8 Å². The standard InChI is InChI=1S/C13H14FN3O2S/c1-15-13-17(2)11(18)7-10(20-13)12(19)16-9-5-3-8(14)4-6-9/h3-6,10H,7H2,1-2H3,(H,16,19)/t10-/m1/s1. The quantitative estimate of drug-likeness (QED) is 0.903. The van der Waals surface area contributed by atoms with Crippen molar-refractivity contribution < 1.29 is 14.0 Å². The molecule has 2 rings (SSSR count). The highest BCUT2D eigenvalue weighted by Crippen LogP contribution is 2.26. The zero-order valence-electron chi connectivity index (χ0n) is 11.1. The van der Waals surface area contributed by atoms with Crippen molar-refractivity contribution in [3.8, 4) is 0 Å². The first-order valence-corrected chi connectivity index (χ1v) is 6.85. The van der Waals surface area contributed by atoms with Crippen molar-refractivity contribution in [3.63, 3.8) is 0 Å². The Hall–Kier alpha value is -1.89.